The molecule has 0 aliphatic carbocycles. The molecule has 2 aliphatic rings. The molecule has 7 nitrogen and oxygen atoms in total. The Labute approximate surface area is 152 Å². The van der Waals surface area contributed by atoms with Gasteiger partial charge in [-0.05, 0) is 50.2 Å². The Morgan fingerprint density at radius 3 is 2.77 bits per heavy atom. The summed E-state index contributed by atoms with van der Waals surface area (Å²) in [7, 11) is 0. The Bertz CT molecular complexity index is 741. The third-order valence-corrected chi connectivity index (χ3v) is 4.79. The number of likely N-dealkylation sites (tertiary alicyclic amines) is 1. The van der Waals surface area contributed by atoms with E-state index in [0.717, 1.165) is 18.8 Å². The topological polar surface area (TPSA) is 76.0 Å². The number of amides is 2. The molecule has 2 aliphatic heterocycles. The minimum atomic E-state index is -0.252. The van der Waals surface area contributed by atoms with Gasteiger partial charge in [-0.15, -0.1) is 0 Å². The summed E-state index contributed by atoms with van der Waals surface area (Å²) in [5.74, 6) is 2.22. The van der Waals surface area contributed by atoms with E-state index in [1.54, 1.807) is 24.5 Å². The summed E-state index contributed by atoms with van der Waals surface area (Å²) in [6, 6.07) is 9.00. The number of hydrogen-bond donors (Lipinski definition) is 2. The lowest BCUT2D eigenvalue weighted by Gasteiger charge is -2.33. The highest BCUT2D eigenvalue weighted by atomic mass is 16.7. The predicted octanol–water partition coefficient (Wildman–Crippen LogP) is 3.36. The van der Waals surface area contributed by atoms with E-state index in [1.165, 1.54) is 19.3 Å². The number of benzene rings is 1. The van der Waals surface area contributed by atoms with Crippen molar-refractivity contribution in [3.8, 4) is 11.5 Å². The van der Waals surface area contributed by atoms with E-state index < -0.39 is 0 Å². The maximum Gasteiger partial charge on any atom is 0.319 e. The van der Waals surface area contributed by atoms with Gasteiger partial charge >= 0.3 is 6.03 Å². The van der Waals surface area contributed by atoms with Gasteiger partial charge in [0.15, 0.2) is 11.5 Å². The van der Waals surface area contributed by atoms with Crippen molar-refractivity contribution in [2.45, 2.75) is 25.3 Å². The summed E-state index contributed by atoms with van der Waals surface area (Å²) in [5, 5.41) is 5.80. The van der Waals surface area contributed by atoms with Crippen LogP contribution in [-0.2, 0) is 0 Å². The van der Waals surface area contributed by atoms with Crippen molar-refractivity contribution < 1.29 is 18.7 Å². The van der Waals surface area contributed by atoms with E-state index in [9.17, 15) is 4.79 Å². The number of anilines is 1. The van der Waals surface area contributed by atoms with E-state index in [1.807, 2.05) is 12.1 Å². The van der Waals surface area contributed by atoms with E-state index >= 15 is 0 Å². The van der Waals surface area contributed by atoms with Crippen molar-refractivity contribution in [2.24, 2.45) is 0 Å². The highest BCUT2D eigenvalue weighted by Gasteiger charge is 2.25. The first-order chi connectivity index (χ1) is 12.8. The number of ether oxygens (including phenoxy) is 2. The molecule has 138 valence electrons. The number of hydrogen-bond acceptors (Lipinski definition) is 5. The van der Waals surface area contributed by atoms with Crippen molar-refractivity contribution in [2.75, 3.05) is 31.7 Å². The molecule has 2 amide bonds. The number of carbonyl (C=O) groups is 1. The third kappa shape index (κ3) is 3.77. The van der Waals surface area contributed by atoms with Crippen LogP contribution in [0.25, 0.3) is 0 Å². The first kappa shape index (κ1) is 16.8. The normalized spacial score (nSPS) is 17.7. The Morgan fingerprint density at radius 1 is 1.12 bits per heavy atom. The first-order valence-corrected chi connectivity index (χ1v) is 9.01. The van der Waals surface area contributed by atoms with Crippen molar-refractivity contribution >= 4 is 11.7 Å². The van der Waals surface area contributed by atoms with Crippen molar-refractivity contribution in [1.82, 2.24) is 10.2 Å². The molecule has 3 heterocycles. The second-order valence-electron chi connectivity index (χ2n) is 6.53. The van der Waals surface area contributed by atoms with Crippen molar-refractivity contribution in [3.05, 3.63) is 42.4 Å². The van der Waals surface area contributed by atoms with Gasteiger partial charge in [0.2, 0.25) is 6.79 Å². The molecule has 2 N–H and O–H groups in total. The van der Waals surface area contributed by atoms with Gasteiger partial charge in [0, 0.05) is 18.3 Å². The molecule has 1 fully saturated rings. The minimum Gasteiger partial charge on any atom is -0.468 e. The van der Waals surface area contributed by atoms with Crippen LogP contribution in [0.4, 0.5) is 10.5 Å². The number of carbonyl (C=O) groups excluding carboxylic acids is 1. The average Bonchev–Trinajstić information content (AvgIpc) is 3.34. The lowest BCUT2D eigenvalue weighted by atomic mass is 10.1. The molecule has 4 rings (SSSR count). The Morgan fingerprint density at radius 2 is 1.96 bits per heavy atom. The summed E-state index contributed by atoms with van der Waals surface area (Å²) in [4.78, 5) is 14.7. The molecular formula is C19H23N3O4. The molecule has 0 saturated carbocycles. The first-order valence-electron chi connectivity index (χ1n) is 9.01. The van der Waals surface area contributed by atoms with Gasteiger partial charge in [-0.25, -0.2) is 4.79 Å². The number of urea groups is 1. The molecule has 1 aromatic carbocycles. The predicted molar refractivity (Wildman–Crippen MR) is 96.5 cm³/mol. The molecule has 7 heteroatoms. The Hall–Kier alpha value is -2.67. The molecule has 1 atom stereocenters. The van der Waals surface area contributed by atoms with Crippen molar-refractivity contribution in [3.63, 3.8) is 0 Å². The zero-order chi connectivity index (χ0) is 17.8. The molecule has 0 radical (unpaired) electrons. The van der Waals surface area contributed by atoms with Crippen LogP contribution in [0.3, 0.4) is 0 Å². The SMILES string of the molecule is O=C(NCC(c1ccco1)N1CCCCC1)Nc1ccc2c(c1)OCO2. The zero-order valence-electron chi connectivity index (χ0n) is 14.6. The van der Waals surface area contributed by atoms with E-state index in [2.05, 4.69) is 15.5 Å². The van der Waals surface area contributed by atoms with Crippen LogP contribution >= 0.6 is 0 Å². The Kier molecular flexibility index (Phi) is 4.97. The van der Waals surface area contributed by atoms with Gasteiger partial charge in [0.1, 0.15) is 5.76 Å². The smallest absolute Gasteiger partial charge is 0.319 e. The number of fused-ring (bicyclic) bond motifs is 1. The van der Waals surface area contributed by atoms with Crippen molar-refractivity contribution in [1.29, 1.82) is 0 Å². The fraction of sp³-hybridized carbons (Fsp3) is 0.421. The van der Waals surface area contributed by atoms with Gasteiger partial charge in [-0.1, -0.05) is 6.42 Å². The fourth-order valence-corrected chi connectivity index (χ4v) is 3.46. The summed E-state index contributed by atoms with van der Waals surface area (Å²) >= 11 is 0. The zero-order valence-corrected chi connectivity index (χ0v) is 14.6. The van der Waals surface area contributed by atoms with Crippen LogP contribution in [0.15, 0.2) is 41.0 Å². The number of furan rings is 1. The van der Waals surface area contributed by atoms with E-state index in [-0.39, 0.29) is 18.9 Å². The monoisotopic (exact) mass is 357 g/mol. The van der Waals surface area contributed by atoms with E-state index in [4.69, 9.17) is 13.9 Å². The average molecular weight is 357 g/mol. The summed E-state index contributed by atoms with van der Waals surface area (Å²) in [6.07, 6.45) is 5.31. The highest BCUT2D eigenvalue weighted by Crippen LogP contribution is 2.34. The maximum absolute atomic E-state index is 12.3. The van der Waals surface area contributed by atoms with Crippen LogP contribution < -0.4 is 20.1 Å². The van der Waals surface area contributed by atoms with E-state index in [0.29, 0.717) is 23.7 Å². The lowest BCUT2D eigenvalue weighted by Crippen LogP contribution is -2.41. The molecule has 1 saturated heterocycles. The number of piperidine rings is 1. The molecule has 2 aromatic rings. The summed E-state index contributed by atoms with van der Waals surface area (Å²) < 4.78 is 16.2. The van der Waals surface area contributed by atoms with Gasteiger partial charge in [0.25, 0.3) is 0 Å². The van der Waals surface area contributed by atoms with Crippen LogP contribution in [0.2, 0.25) is 0 Å². The van der Waals surface area contributed by atoms with Gasteiger partial charge in [0.05, 0.1) is 12.3 Å². The lowest BCUT2D eigenvalue weighted by molar-refractivity contribution is 0.144. The maximum atomic E-state index is 12.3. The summed E-state index contributed by atoms with van der Waals surface area (Å²) in [6.45, 7) is 2.75. The van der Waals surface area contributed by atoms with Gasteiger partial charge in [-0.3, -0.25) is 4.90 Å². The van der Waals surface area contributed by atoms with Crippen LogP contribution in [0, 0.1) is 0 Å². The molecule has 1 aromatic heterocycles. The number of nitrogens with zero attached hydrogens (tertiary/aromatic N) is 1. The second kappa shape index (κ2) is 7.70. The van der Waals surface area contributed by atoms with Gasteiger partial charge < -0.3 is 24.5 Å². The fourth-order valence-electron chi connectivity index (χ4n) is 3.46. The molecule has 26 heavy (non-hydrogen) atoms. The van der Waals surface area contributed by atoms with Gasteiger partial charge in [-0.2, -0.15) is 0 Å². The minimum absolute atomic E-state index is 0.0489. The molecule has 0 bridgehead atoms. The number of nitrogens with one attached hydrogen (secondary N) is 2. The quantitative estimate of drug-likeness (QED) is 0.858. The Balaban J connectivity index is 1.36. The largest absolute Gasteiger partial charge is 0.468 e. The molecular weight excluding hydrogens is 334 g/mol. The van der Waals surface area contributed by atoms with Crippen LogP contribution in [0.5, 0.6) is 11.5 Å². The van der Waals surface area contributed by atoms with Crippen LogP contribution in [0.1, 0.15) is 31.1 Å². The number of rotatable bonds is 5. The summed E-state index contributed by atoms with van der Waals surface area (Å²) in [5.41, 5.74) is 0.666. The standard InChI is InChI=1S/C19H23N3O4/c23-19(21-14-6-7-17-18(11-14)26-13-25-17)20-12-15(16-5-4-10-24-16)22-8-2-1-3-9-22/h4-7,10-11,15H,1-3,8-9,12-13H2,(H2,20,21,23). The molecule has 1 unspecified atom stereocenters. The molecule has 0 spiro atoms. The highest BCUT2D eigenvalue weighted by molar-refractivity contribution is 5.89. The second-order valence-corrected chi connectivity index (χ2v) is 6.53. The third-order valence-electron chi connectivity index (χ3n) is 4.79. The van der Waals surface area contributed by atoms with Crippen LogP contribution in [-0.4, -0.2) is 37.4 Å².